The summed E-state index contributed by atoms with van der Waals surface area (Å²) in [5.74, 6) is -0.526. The fraction of sp³-hybridized carbons (Fsp3) is 0.381. The molecule has 0 unspecified atom stereocenters. The number of rotatable bonds is 5. The first-order valence-corrected chi connectivity index (χ1v) is 11.0. The van der Waals surface area contributed by atoms with E-state index in [1.807, 2.05) is 13.8 Å². The lowest BCUT2D eigenvalue weighted by Gasteiger charge is -2.32. The van der Waals surface area contributed by atoms with E-state index in [1.165, 1.54) is 23.5 Å². The summed E-state index contributed by atoms with van der Waals surface area (Å²) in [7, 11) is -2.28. The van der Waals surface area contributed by atoms with Crippen LogP contribution in [0.3, 0.4) is 0 Å². The zero-order valence-corrected chi connectivity index (χ0v) is 18.0. The van der Waals surface area contributed by atoms with Gasteiger partial charge in [-0.1, -0.05) is 0 Å². The van der Waals surface area contributed by atoms with Gasteiger partial charge in [-0.15, -0.1) is 0 Å². The predicted molar refractivity (Wildman–Crippen MR) is 111 cm³/mol. The molecule has 1 aliphatic rings. The molecule has 1 amide bonds. The van der Waals surface area contributed by atoms with Crippen LogP contribution in [-0.4, -0.2) is 55.1 Å². The number of phenols is 2. The minimum atomic E-state index is -3.73. The van der Waals surface area contributed by atoms with Crippen LogP contribution < -0.4 is 10.1 Å². The standard InChI is InChI=1S/C21H26N2O6S/c1-13-8-19(29-3)20(9-14(13)2)30(27,28)23-6-4-16(5-7-23)22-21(26)15-10-17(24)12-18(25)11-15/h8-12,16,24-25H,4-7H2,1-3H3,(H,22,26). The molecule has 9 heteroatoms. The summed E-state index contributed by atoms with van der Waals surface area (Å²) < 4.78 is 33.0. The first kappa shape index (κ1) is 21.9. The Bertz CT molecular complexity index is 1040. The Morgan fingerprint density at radius 3 is 2.17 bits per heavy atom. The molecule has 3 rings (SSSR count). The summed E-state index contributed by atoms with van der Waals surface area (Å²) >= 11 is 0. The second-order valence-electron chi connectivity index (χ2n) is 7.48. The predicted octanol–water partition coefficient (Wildman–Crippen LogP) is 2.31. The molecule has 0 bridgehead atoms. The van der Waals surface area contributed by atoms with E-state index in [-0.39, 0.29) is 41.1 Å². The van der Waals surface area contributed by atoms with Crippen LogP contribution in [0.15, 0.2) is 35.2 Å². The molecule has 1 aliphatic heterocycles. The van der Waals surface area contributed by atoms with Crippen molar-refractivity contribution in [3.63, 3.8) is 0 Å². The van der Waals surface area contributed by atoms with Crippen molar-refractivity contribution in [2.45, 2.75) is 37.6 Å². The molecule has 1 heterocycles. The van der Waals surface area contributed by atoms with Gasteiger partial charge in [0.15, 0.2) is 0 Å². The molecule has 8 nitrogen and oxygen atoms in total. The lowest BCUT2D eigenvalue weighted by Crippen LogP contribution is -2.46. The maximum atomic E-state index is 13.2. The van der Waals surface area contributed by atoms with E-state index in [2.05, 4.69) is 5.32 Å². The molecule has 162 valence electrons. The number of amides is 1. The van der Waals surface area contributed by atoms with E-state index in [1.54, 1.807) is 12.1 Å². The fourth-order valence-electron chi connectivity index (χ4n) is 3.50. The van der Waals surface area contributed by atoms with Crippen molar-refractivity contribution in [1.29, 1.82) is 0 Å². The van der Waals surface area contributed by atoms with Gasteiger partial charge in [-0.2, -0.15) is 4.31 Å². The molecule has 3 N–H and O–H groups in total. The number of methoxy groups -OCH3 is 1. The van der Waals surface area contributed by atoms with E-state index in [0.29, 0.717) is 18.6 Å². The summed E-state index contributed by atoms with van der Waals surface area (Å²) in [4.78, 5) is 12.5. The van der Waals surface area contributed by atoms with E-state index < -0.39 is 15.9 Å². The van der Waals surface area contributed by atoms with Gasteiger partial charge in [-0.25, -0.2) is 8.42 Å². The number of nitrogens with zero attached hydrogens (tertiary/aromatic N) is 1. The number of phenolic OH excluding ortho intramolecular Hbond substituents is 2. The van der Waals surface area contributed by atoms with Crippen LogP contribution in [0.5, 0.6) is 17.2 Å². The van der Waals surface area contributed by atoms with Crippen molar-refractivity contribution in [3.05, 3.63) is 47.0 Å². The summed E-state index contributed by atoms with van der Waals surface area (Å²) in [6.07, 6.45) is 0.895. The van der Waals surface area contributed by atoms with Crippen LogP contribution >= 0.6 is 0 Å². The highest BCUT2D eigenvalue weighted by molar-refractivity contribution is 7.89. The van der Waals surface area contributed by atoms with Crippen molar-refractivity contribution in [2.24, 2.45) is 0 Å². The highest BCUT2D eigenvalue weighted by Gasteiger charge is 2.32. The average Bonchev–Trinajstić information content (AvgIpc) is 2.69. The van der Waals surface area contributed by atoms with Crippen molar-refractivity contribution in [3.8, 4) is 17.2 Å². The summed E-state index contributed by atoms with van der Waals surface area (Å²) in [6.45, 7) is 4.27. The van der Waals surface area contributed by atoms with Crippen LogP contribution in [0.25, 0.3) is 0 Å². The van der Waals surface area contributed by atoms with Gasteiger partial charge in [0.2, 0.25) is 10.0 Å². The Labute approximate surface area is 176 Å². The Kier molecular flexibility index (Phi) is 6.23. The Hall–Kier alpha value is -2.78. The number of sulfonamides is 1. The number of ether oxygens (including phenoxy) is 1. The molecule has 1 fully saturated rings. The van der Waals surface area contributed by atoms with Gasteiger partial charge in [0.1, 0.15) is 22.1 Å². The Balaban J connectivity index is 1.69. The quantitative estimate of drug-likeness (QED) is 0.665. The van der Waals surface area contributed by atoms with Crippen LogP contribution in [-0.2, 0) is 10.0 Å². The number of aryl methyl sites for hydroxylation is 2. The van der Waals surface area contributed by atoms with E-state index in [0.717, 1.165) is 17.2 Å². The number of piperidine rings is 1. The summed E-state index contributed by atoms with van der Waals surface area (Å²) in [5.41, 5.74) is 1.96. The topological polar surface area (TPSA) is 116 Å². The molecule has 0 aromatic heterocycles. The number of hydrogen-bond donors (Lipinski definition) is 3. The van der Waals surface area contributed by atoms with Gasteiger partial charge in [0, 0.05) is 30.8 Å². The molecule has 0 spiro atoms. The first-order chi connectivity index (χ1) is 14.1. The van der Waals surface area contributed by atoms with Crippen molar-refractivity contribution in [2.75, 3.05) is 20.2 Å². The van der Waals surface area contributed by atoms with E-state index in [4.69, 9.17) is 4.74 Å². The highest BCUT2D eigenvalue weighted by atomic mass is 32.2. The maximum Gasteiger partial charge on any atom is 0.251 e. The molecule has 0 saturated carbocycles. The molecule has 2 aromatic carbocycles. The Morgan fingerprint density at radius 1 is 1.03 bits per heavy atom. The number of benzene rings is 2. The van der Waals surface area contributed by atoms with Gasteiger partial charge in [-0.3, -0.25) is 4.79 Å². The van der Waals surface area contributed by atoms with Crippen molar-refractivity contribution >= 4 is 15.9 Å². The molecule has 2 aromatic rings. The molecule has 30 heavy (non-hydrogen) atoms. The number of nitrogens with one attached hydrogen (secondary N) is 1. The third-order valence-electron chi connectivity index (χ3n) is 5.35. The fourth-order valence-corrected chi connectivity index (χ4v) is 5.19. The van der Waals surface area contributed by atoms with E-state index >= 15 is 0 Å². The average molecular weight is 435 g/mol. The van der Waals surface area contributed by atoms with Gasteiger partial charge in [-0.05, 0) is 62.1 Å². The number of hydrogen-bond acceptors (Lipinski definition) is 6. The smallest absolute Gasteiger partial charge is 0.251 e. The minimum absolute atomic E-state index is 0.141. The van der Waals surface area contributed by atoms with Gasteiger partial charge in [0.25, 0.3) is 5.91 Å². The number of carbonyl (C=O) groups is 1. The first-order valence-electron chi connectivity index (χ1n) is 9.61. The van der Waals surface area contributed by atoms with Crippen LogP contribution in [0, 0.1) is 13.8 Å². The summed E-state index contributed by atoms with van der Waals surface area (Å²) in [5, 5.41) is 21.9. The maximum absolute atomic E-state index is 13.2. The van der Waals surface area contributed by atoms with Gasteiger partial charge >= 0.3 is 0 Å². The Morgan fingerprint density at radius 2 is 1.60 bits per heavy atom. The normalized spacial score (nSPS) is 15.7. The summed E-state index contributed by atoms with van der Waals surface area (Å²) in [6, 6.07) is 6.81. The third kappa shape index (κ3) is 4.52. The lowest BCUT2D eigenvalue weighted by atomic mass is 10.1. The number of carbonyl (C=O) groups excluding carboxylic acids is 1. The zero-order chi connectivity index (χ0) is 22.1. The van der Waals surface area contributed by atoms with Crippen LogP contribution in [0.2, 0.25) is 0 Å². The molecule has 1 saturated heterocycles. The van der Waals surface area contributed by atoms with E-state index in [9.17, 15) is 23.4 Å². The highest BCUT2D eigenvalue weighted by Crippen LogP contribution is 2.31. The molecule has 0 aliphatic carbocycles. The third-order valence-corrected chi connectivity index (χ3v) is 7.27. The van der Waals surface area contributed by atoms with Crippen molar-refractivity contribution in [1.82, 2.24) is 9.62 Å². The molecule has 0 radical (unpaired) electrons. The largest absolute Gasteiger partial charge is 0.508 e. The second kappa shape index (κ2) is 8.53. The zero-order valence-electron chi connectivity index (χ0n) is 17.2. The molecular formula is C21H26N2O6S. The molecule has 0 atom stereocenters. The monoisotopic (exact) mass is 434 g/mol. The lowest BCUT2D eigenvalue weighted by molar-refractivity contribution is 0.0923. The van der Waals surface area contributed by atoms with Gasteiger partial charge in [0.05, 0.1) is 7.11 Å². The second-order valence-corrected chi connectivity index (χ2v) is 9.38. The minimum Gasteiger partial charge on any atom is -0.508 e. The number of aromatic hydroxyl groups is 2. The SMILES string of the molecule is COc1cc(C)c(C)cc1S(=O)(=O)N1CCC(NC(=O)c2cc(O)cc(O)c2)CC1. The molecular weight excluding hydrogens is 408 g/mol. The van der Waals surface area contributed by atoms with Crippen LogP contribution in [0.4, 0.5) is 0 Å². The van der Waals surface area contributed by atoms with Crippen molar-refractivity contribution < 1.29 is 28.2 Å². The van der Waals surface area contributed by atoms with Gasteiger partial charge < -0.3 is 20.3 Å². The van der Waals surface area contributed by atoms with Crippen LogP contribution in [0.1, 0.15) is 34.3 Å².